The summed E-state index contributed by atoms with van der Waals surface area (Å²) in [5.41, 5.74) is -0.292. The Hall–Kier alpha value is -0.870. The SMILES string of the molecule is O=C(OCC(F)(F)S(=O)(=O)O)c1cc(I)cc(I)c1OC(=O)C1CC2C=CC1C2. The van der Waals surface area contributed by atoms with E-state index in [4.69, 9.17) is 9.29 Å². The van der Waals surface area contributed by atoms with E-state index in [0.717, 1.165) is 6.42 Å². The Morgan fingerprint density at radius 2 is 1.90 bits per heavy atom. The first-order valence-corrected chi connectivity index (χ1v) is 11.9. The van der Waals surface area contributed by atoms with E-state index in [2.05, 4.69) is 10.8 Å². The zero-order chi connectivity index (χ0) is 21.6. The summed E-state index contributed by atoms with van der Waals surface area (Å²) in [4.78, 5) is 25.0. The predicted molar refractivity (Wildman–Crippen MR) is 113 cm³/mol. The number of hydrogen-bond acceptors (Lipinski definition) is 6. The standard InChI is InChI=1S/C17H14F2I2O7S/c18-17(19,29(24,25)26)7-27-15(22)12-5-10(20)6-13(21)14(12)28-16(23)11-4-8-1-2-9(11)3-8/h1-2,5-6,8-9,11H,3-4,7H2,(H,24,25,26). The minimum Gasteiger partial charge on any atom is -0.454 e. The van der Waals surface area contributed by atoms with Crippen molar-refractivity contribution < 1.29 is 40.8 Å². The van der Waals surface area contributed by atoms with E-state index in [9.17, 15) is 26.8 Å². The quantitative estimate of drug-likeness (QED) is 0.164. The zero-order valence-electron chi connectivity index (χ0n) is 14.5. The highest BCUT2D eigenvalue weighted by Gasteiger charge is 2.46. The number of esters is 2. The Labute approximate surface area is 192 Å². The first-order valence-electron chi connectivity index (χ1n) is 8.30. The minimum absolute atomic E-state index is 0.0675. The number of rotatable bonds is 6. The number of alkyl halides is 2. The maximum Gasteiger partial charge on any atom is 0.402 e. The summed E-state index contributed by atoms with van der Waals surface area (Å²) >= 11 is 3.71. The van der Waals surface area contributed by atoms with Crippen LogP contribution in [0.2, 0.25) is 0 Å². The maximum atomic E-state index is 13.4. The number of allylic oxidation sites excluding steroid dienone is 2. The zero-order valence-corrected chi connectivity index (χ0v) is 19.6. The Kier molecular flexibility index (Phi) is 6.56. The van der Waals surface area contributed by atoms with Gasteiger partial charge in [-0.1, -0.05) is 12.2 Å². The van der Waals surface area contributed by atoms with Gasteiger partial charge in [0, 0.05) is 3.57 Å². The molecule has 0 saturated heterocycles. The van der Waals surface area contributed by atoms with Crippen LogP contribution in [0.4, 0.5) is 8.78 Å². The lowest BCUT2D eigenvalue weighted by atomic mass is 9.94. The molecule has 1 fully saturated rings. The number of fused-ring (bicyclic) bond motifs is 2. The van der Waals surface area contributed by atoms with E-state index >= 15 is 0 Å². The lowest BCUT2D eigenvalue weighted by Crippen LogP contribution is -2.34. The summed E-state index contributed by atoms with van der Waals surface area (Å²) in [6, 6.07) is 2.90. The fourth-order valence-corrected chi connectivity index (χ4v) is 5.51. The molecule has 3 atom stereocenters. The Morgan fingerprint density at radius 1 is 1.21 bits per heavy atom. The molecular weight excluding hydrogens is 640 g/mol. The third kappa shape index (κ3) is 4.90. The summed E-state index contributed by atoms with van der Waals surface area (Å²) < 4.78 is 67.3. The van der Waals surface area contributed by atoms with Crippen LogP contribution in [0.1, 0.15) is 23.2 Å². The number of halogens is 4. The molecule has 2 aliphatic rings. The Balaban J connectivity index is 1.81. The summed E-state index contributed by atoms with van der Waals surface area (Å²) in [6.45, 7) is -1.88. The van der Waals surface area contributed by atoms with Crippen molar-refractivity contribution in [2.24, 2.45) is 17.8 Å². The van der Waals surface area contributed by atoms with Gasteiger partial charge in [0.25, 0.3) is 0 Å². The van der Waals surface area contributed by atoms with Crippen LogP contribution in [0.5, 0.6) is 5.75 Å². The lowest BCUT2D eigenvalue weighted by Gasteiger charge is -2.19. The second-order valence-corrected chi connectivity index (χ2v) is 10.7. The van der Waals surface area contributed by atoms with Crippen molar-refractivity contribution in [3.63, 3.8) is 0 Å². The van der Waals surface area contributed by atoms with Crippen LogP contribution in [0.3, 0.4) is 0 Å². The fraction of sp³-hybridized carbons (Fsp3) is 0.412. The topological polar surface area (TPSA) is 107 Å². The second kappa shape index (κ2) is 8.34. The molecule has 1 aromatic carbocycles. The molecule has 0 amide bonds. The van der Waals surface area contributed by atoms with E-state index in [-0.39, 0.29) is 23.1 Å². The van der Waals surface area contributed by atoms with Gasteiger partial charge < -0.3 is 9.47 Å². The molecule has 1 aromatic rings. The van der Waals surface area contributed by atoms with E-state index in [1.807, 2.05) is 51.3 Å². The first kappa shape index (κ1) is 22.8. The van der Waals surface area contributed by atoms with Gasteiger partial charge in [-0.05, 0) is 82.0 Å². The number of hydrogen-bond donors (Lipinski definition) is 1. The smallest absolute Gasteiger partial charge is 0.402 e. The van der Waals surface area contributed by atoms with Crippen molar-refractivity contribution in [2.45, 2.75) is 18.1 Å². The van der Waals surface area contributed by atoms with E-state index in [1.54, 1.807) is 6.07 Å². The number of ether oxygens (including phenoxy) is 2. The first-order chi connectivity index (χ1) is 13.4. The molecule has 7 nitrogen and oxygen atoms in total. The van der Waals surface area contributed by atoms with Crippen LogP contribution in [0.25, 0.3) is 0 Å². The molecule has 1 saturated carbocycles. The number of benzene rings is 1. The highest BCUT2D eigenvalue weighted by atomic mass is 127. The second-order valence-electron chi connectivity index (χ2n) is 6.76. The molecule has 2 bridgehead atoms. The molecule has 0 spiro atoms. The van der Waals surface area contributed by atoms with Gasteiger partial charge in [0.1, 0.15) is 5.56 Å². The van der Waals surface area contributed by atoms with E-state index < -0.39 is 33.9 Å². The molecule has 2 aliphatic carbocycles. The molecule has 3 unspecified atom stereocenters. The third-order valence-electron chi connectivity index (χ3n) is 4.76. The van der Waals surface area contributed by atoms with Gasteiger partial charge in [0.2, 0.25) is 0 Å². The Morgan fingerprint density at radius 3 is 2.45 bits per heavy atom. The normalized spacial score (nSPS) is 23.3. The van der Waals surface area contributed by atoms with Crippen LogP contribution < -0.4 is 4.74 Å². The van der Waals surface area contributed by atoms with Crippen molar-refractivity contribution in [1.82, 2.24) is 0 Å². The fourth-order valence-electron chi connectivity index (χ4n) is 3.35. The largest absolute Gasteiger partial charge is 0.454 e. The highest BCUT2D eigenvalue weighted by molar-refractivity contribution is 14.1. The molecule has 12 heteroatoms. The average Bonchev–Trinajstić information content (AvgIpc) is 3.24. The summed E-state index contributed by atoms with van der Waals surface area (Å²) in [5.74, 6) is -1.94. The highest BCUT2D eigenvalue weighted by Crippen LogP contribution is 2.44. The summed E-state index contributed by atoms with van der Waals surface area (Å²) in [5, 5.41) is -4.66. The molecule has 0 aromatic heterocycles. The van der Waals surface area contributed by atoms with Crippen LogP contribution in [-0.2, 0) is 19.6 Å². The maximum absolute atomic E-state index is 13.4. The summed E-state index contributed by atoms with van der Waals surface area (Å²) in [7, 11) is -5.75. The monoisotopic (exact) mass is 654 g/mol. The summed E-state index contributed by atoms with van der Waals surface area (Å²) in [6.07, 6.45) is 5.53. The van der Waals surface area contributed by atoms with Crippen LogP contribution >= 0.6 is 45.2 Å². The molecular formula is C17H14F2I2O7S. The van der Waals surface area contributed by atoms with Crippen molar-refractivity contribution >= 4 is 67.2 Å². The average molecular weight is 654 g/mol. The van der Waals surface area contributed by atoms with Crippen LogP contribution in [0, 0.1) is 24.9 Å². The molecule has 29 heavy (non-hydrogen) atoms. The van der Waals surface area contributed by atoms with Gasteiger partial charge in [-0.3, -0.25) is 9.35 Å². The van der Waals surface area contributed by atoms with Crippen molar-refractivity contribution in [1.29, 1.82) is 0 Å². The van der Waals surface area contributed by atoms with Gasteiger partial charge in [0.05, 0.1) is 9.49 Å². The molecule has 0 radical (unpaired) electrons. The minimum atomic E-state index is -5.75. The van der Waals surface area contributed by atoms with E-state index in [1.165, 1.54) is 6.07 Å². The molecule has 0 heterocycles. The molecule has 0 aliphatic heterocycles. The molecule has 1 N–H and O–H groups in total. The molecule has 3 rings (SSSR count). The third-order valence-corrected chi connectivity index (χ3v) is 7.06. The lowest BCUT2D eigenvalue weighted by molar-refractivity contribution is -0.139. The Bertz CT molecular complexity index is 994. The van der Waals surface area contributed by atoms with Gasteiger partial charge in [0.15, 0.2) is 12.4 Å². The van der Waals surface area contributed by atoms with Gasteiger partial charge >= 0.3 is 27.3 Å². The van der Waals surface area contributed by atoms with Crippen LogP contribution in [-0.4, -0.2) is 36.8 Å². The van der Waals surface area contributed by atoms with Crippen LogP contribution in [0.15, 0.2) is 24.3 Å². The predicted octanol–water partition coefficient (Wildman–Crippen LogP) is 3.65. The van der Waals surface area contributed by atoms with Crippen molar-refractivity contribution in [2.75, 3.05) is 6.61 Å². The van der Waals surface area contributed by atoms with Gasteiger partial charge in [-0.2, -0.15) is 17.2 Å². The number of carbonyl (C=O) groups is 2. The van der Waals surface area contributed by atoms with Gasteiger partial charge in [-0.15, -0.1) is 0 Å². The number of carbonyl (C=O) groups excluding carboxylic acids is 2. The van der Waals surface area contributed by atoms with Crippen molar-refractivity contribution in [3.05, 3.63) is 37.0 Å². The van der Waals surface area contributed by atoms with E-state index in [0.29, 0.717) is 19.5 Å². The molecule has 158 valence electrons. The van der Waals surface area contributed by atoms with Gasteiger partial charge in [-0.25, -0.2) is 4.79 Å². The van der Waals surface area contributed by atoms with Crippen molar-refractivity contribution in [3.8, 4) is 5.75 Å².